The second-order valence-corrected chi connectivity index (χ2v) is 4.72. The Morgan fingerprint density at radius 1 is 1.26 bits per heavy atom. The van der Waals surface area contributed by atoms with E-state index in [9.17, 15) is 4.39 Å². The molecule has 100 valence electrons. The molecule has 7 heteroatoms. The third kappa shape index (κ3) is 2.94. The van der Waals surface area contributed by atoms with E-state index in [0.717, 1.165) is 0 Å². The summed E-state index contributed by atoms with van der Waals surface area (Å²) >= 11 is 12.1. The Hall–Kier alpha value is -1.43. The Labute approximate surface area is 119 Å². The van der Waals surface area contributed by atoms with Crippen molar-refractivity contribution in [2.24, 2.45) is 5.84 Å². The number of nitrogen functional groups attached to an aromatic ring is 1. The van der Waals surface area contributed by atoms with Crippen LogP contribution in [0.4, 0.5) is 10.2 Å². The van der Waals surface area contributed by atoms with Crippen molar-refractivity contribution in [2.45, 2.75) is 13.3 Å². The second kappa shape index (κ2) is 5.69. The van der Waals surface area contributed by atoms with Crippen LogP contribution in [-0.2, 0) is 6.42 Å². The predicted octanol–water partition coefficient (Wildman–Crippen LogP) is 3.11. The fourth-order valence-corrected chi connectivity index (χ4v) is 2.18. The van der Waals surface area contributed by atoms with E-state index >= 15 is 0 Å². The van der Waals surface area contributed by atoms with Crippen LogP contribution in [0.1, 0.15) is 17.1 Å². The lowest BCUT2D eigenvalue weighted by Crippen LogP contribution is -2.14. The van der Waals surface area contributed by atoms with E-state index in [0.29, 0.717) is 27.9 Å². The van der Waals surface area contributed by atoms with Gasteiger partial charge in [-0.2, -0.15) is 0 Å². The summed E-state index contributed by atoms with van der Waals surface area (Å²) in [5, 5.41) is 1.03. The van der Waals surface area contributed by atoms with E-state index in [-0.39, 0.29) is 11.5 Å². The number of anilines is 1. The van der Waals surface area contributed by atoms with Crippen LogP contribution < -0.4 is 11.3 Å². The van der Waals surface area contributed by atoms with Crippen LogP contribution in [0.3, 0.4) is 0 Å². The van der Waals surface area contributed by atoms with E-state index in [1.165, 1.54) is 6.92 Å². The topological polar surface area (TPSA) is 63.8 Å². The number of aryl methyl sites for hydroxylation is 1. The number of nitrogens with zero attached hydrogens (tertiary/aromatic N) is 2. The number of hydrogen-bond acceptors (Lipinski definition) is 4. The third-order valence-electron chi connectivity index (χ3n) is 2.60. The van der Waals surface area contributed by atoms with Gasteiger partial charge < -0.3 is 5.43 Å². The molecule has 19 heavy (non-hydrogen) atoms. The van der Waals surface area contributed by atoms with Gasteiger partial charge in [0.05, 0.1) is 5.69 Å². The van der Waals surface area contributed by atoms with Crippen molar-refractivity contribution in [3.05, 3.63) is 51.1 Å². The lowest BCUT2D eigenvalue weighted by Gasteiger charge is -2.09. The minimum absolute atomic E-state index is 0.0503. The van der Waals surface area contributed by atoms with Gasteiger partial charge in [-0.3, -0.25) is 0 Å². The lowest BCUT2D eigenvalue weighted by molar-refractivity contribution is 0.601. The van der Waals surface area contributed by atoms with E-state index in [4.69, 9.17) is 29.0 Å². The number of rotatable bonds is 3. The van der Waals surface area contributed by atoms with Crippen LogP contribution >= 0.6 is 23.2 Å². The first kappa shape index (κ1) is 14.0. The van der Waals surface area contributed by atoms with Crippen molar-refractivity contribution in [1.29, 1.82) is 0 Å². The summed E-state index contributed by atoms with van der Waals surface area (Å²) < 4.78 is 13.6. The Morgan fingerprint density at radius 2 is 1.89 bits per heavy atom. The van der Waals surface area contributed by atoms with Gasteiger partial charge in [-0.1, -0.05) is 29.3 Å². The fourth-order valence-electron chi connectivity index (χ4n) is 1.65. The maximum absolute atomic E-state index is 13.6. The average molecular weight is 301 g/mol. The van der Waals surface area contributed by atoms with Crippen LogP contribution in [0.15, 0.2) is 18.2 Å². The standard InChI is InChI=1S/C12H11Cl2FN4/c1-6-11(15)12(19-16)18-10(17-6)5-7-8(13)3-2-4-9(7)14/h2-4H,5,16H2,1H3,(H,17,18,19). The molecule has 1 aromatic carbocycles. The molecule has 0 amide bonds. The van der Waals surface area contributed by atoms with Gasteiger partial charge in [0.2, 0.25) is 0 Å². The number of nitrogens with two attached hydrogens (primary N) is 1. The molecular formula is C12H11Cl2FN4. The number of hydrogen-bond donors (Lipinski definition) is 2. The van der Waals surface area contributed by atoms with Crippen LogP contribution in [0.2, 0.25) is 10.0 Å². The van der Waals surface area contributed by atoms with E-state index < -0.39 is 5.82 Å². The molecule has 0 fully saturated rings. The maximum atomic E-state index is 13.6. The van der Waals surface area contributed by atoms with Crippen molar-refractivity contribution < 1.29 is 4.39 Å². The molecule has 0 aliphatic rings. The highest BCUT2D eigenvalue weighted by Crippen LogP contribution is 2.26. The van der Waals surface area contributed by atoms with Crippen molar-refractivity contribution >= 4 is 29.0 Å². The fraction of sp³-hybridized carbons (Fsp3) is 0.167. The van der Waals surface area contributed by atoms with Gasteiger partial charge in [-0.25, -0.2) is 20.2 Å². The molecule has 0 spiro atoms. The normalized spacial score (nSPS) is 10.6. The highest BCUT2D eigenvalue weighted by Gasteiger charge is 2.13. The summed E-state index contributed by atoms with van der Waals surface area (Å²) in [6, 6.07) is 5.19. The van der Waals surface area contributed by atoms with E-state index in [2.05, 4.69) is 15.4 Å². The van der Waals surface area contributed by atoms with Crippen LogP contribution in [0, 0.1) is 12.7 Å². The molecule has 0 radical (unpaired) electrons. The Bertz CT molecular complexity index is 599. The zero-order valence-electron chi connectivity index (χ0n) is 10.0. The monoisotopic (exact) mass is 300 g/mol. The minimum atomic E-state index is -0.573. The molecule has 2 rings (SSSR count). The molecule has 1 heterocycles. The van der Waals surface area contributed by atoms with Crippen LogP contribution in [0.25, 0.3) is 0 Å². The van der Waals surface area contributed by atoms with Gasteiger partial charge in [0, 0.05) is 16.5 Å². The minimum Gasteiger partial charge on any atom is -0.306 e. The highest BCUT2D eigenvalue weighted by molar-refractivity contribution is 6.36. The number of aromatic nitrogens is 2. The zero-order valence-corrected chi connectivity index (χ0v) is 11.6. The number of benzene rings is 1. The van der Waals surface area contributed by atoms with Crippen molar-refractivity contribution in [1.82, 2.24) is 9.97 Å². The molecule has 0 saturated heterocycles. The first-order chi connectivity index (χ1) is 9.02. The van der Waals surface area contributed by atoms with Crippen LogP contribution in [-0.4, -0.2) is 9.97 Å². The predicted molar refractivity (Wildman–Crippen MR) is 73.8 cm³/mol. The zero-order chi connectivity index (χ0) is 14.0. The summed E-state index contributed by atoms with van der Waals surface area (Å²) in [5.41, 5.74) is 3.10. The summed E-state index contributed by atoms with van der Waals surface area (Å²) in [6.45, 7) is 1.54. The molecule has 0 bridgehead atoms. The lowest BCUT2D eigenvalue weighted by atomic mass is 10.1. The van der Waals surface area contributed by atoms with Crippen molar-refractivity contribution in [3.63, 3.8) is 0 Å². The Morgan fingerprint density at radius 3 is 2.47 bits per heavy atom. The van der Waals surface area contributed by atoms with E-state index in [1.807, 2.05) is 0 Å². The highest BCUT2D eigenvalue weighted by atomic mass is 35.5. The van der Waals surface area contributed by atoms with Gasteiger partial charge >= 0.3 is 0 Å². The Balaban J connectivity index is 2.41. The molecule has 0 saturated carbocycles. The molecule has 1 aromatic heterocycles. The summed E-state index contributed by atoms with van der Waals surface area (Å²) in [4.78, 5) is 8.05. The molecule has 0 atom stereocenters. The molecule has 4 nitrogen and oxygen atoms in total. The summed E-state index contributed by atoms with van der Waals surface area (Å²) in [5.74, 6) is 4.98. The molecule has 2 aromatic rings. The molecule has 0 aliphatic carbocycles. The molecule has 0 aliphatic heterocycles. The van der Waals surface area contributed by atoms with Crippen LogP contribution in [0.5, 0.6) is 0 Å². The second-order valence-electron chi connectivity index (χ2n) is 3.91. The smallest absolute Gasteiger partial charge is 0.187 e. The first-order valence-corrected chi connectivity index (χ1v) is 6.21. The van der Waals surface area contributed by atoms with Gasteiger partial charge in [-0.05, 0) is 24.6 Å². The number of nitrogens with one attached hydrogen (secondary N) is 1. The number of hydrazine groups is 1. The summed E-state index contributed by atoms with van der Waals surface area (Å²) in [7, 11) is 0. The molecular weight excluding hydrogens is 290 g/mol. The first-order valence-electron chi connectivity index (χ1n) is 5.45. The Kier molecular flexibility index (Phi) is 4.19. The van der Waals surface area contributed by atoms with E-state index in [1.54, 1.807) is 18.2 Å². The van der Waals surface area contributed by atoms with Gasteiger partial charge in [0.1, 0.15) is 5.82 Å². The maximum Gasteiger partial charge on any atom is 0.187 e. The SMILES string of the molecule is Cc1nc(Cc2c(Cl)cccc2Cl)nc(NN)c1F. The molecule has 0 unspecified atom stereocenters. The molecule has 3 N–H and O–H groups in total. The van der Waals surface area contributed by atoms with Crippen molar-refractivity contribution in [3.8, 4) is 0 Å². The van der Waals surface area contributed by atoms with Gasteiger partial charge in [0.25, 0.3) is 0 Å². The number of halogens is 3. The largest absolute Gasteiger partial charge is 0.306 e. The summed E-state index contributed by atoms with van der Waals surface area (Å²) in [6.07, 6.45) is 0.300. The third-order valence-corrected chi connectivity index (χ3v) is 3.30. The van der Waals surface area contributed by atoms with Gasteiger partial charge in [-0.15, -0.1) is 0 Å². The van der Waals surface area contributed by atoms with Crippen molar-refractivity contribution in [2.75, 3.05) is 5.43 Å². The van der Waals surface area contributed by atoms with Gasteiger partial charge in [0.15, 0.2) is 11.6 Å². The quantitative estimate of drug-likeness (QED) is 0.675. The average Bonchev–Trinajstić information content (AvgIpc) is 2.38.